The molecule has 1 atom stereocenters. The highest BCUT2D eigenvalue weighted by Crippen LogP contribution is 2.23. The molecule has 1 heterocycles. The summed E-state index contributed by atoms with van der Waals surface area (Å²) < 4.78 is 1.01. The summed E-state index contributed by atoms with van der Waals surface area (Å²) in [7, 11) is 0. The molecule has 3 aromatic rings. The van der Waals surface area contributed by atoms with Gasteiger partial charge in [0.1, 0.15) is 0 Å². The summed E-state index contributed by atoms with van der Waals surface area (Å²) in [6.07, 6.45) is 2.28. The van der Waals surface area contributed by atoms with Crippen molar-refractivity contribution in [3.63, 3.8) is 0 Å². The van der Waals surface area contributed by atoms with E-state index in [0.29, 0.717) is 6.42 Å². The number of carbonyl (C=O) groups is 1. The van der Waals surface area contributed by atoms with Gasteiger partial charge in [0, 0.05) is 21.6 Å². The van der Waals surface area contributed by atoms with Crippen LogP contribution in [0.3, 0.4) is 0 Å². The molecule has 112 valence electrons. The number of amides is 1. The first kappa shape index (κ1) is 14.9. The fraction of sp³-hybridized carbons (Fsp3) is 0.167. The second-order valence-electron chi connectivity index (χ2n) is 5.35. The number of benzene rings is 2. The fourth-order valence-electron chi connectivity index (χ4n) is 2.65. The van der Waals surface area contributed by atoms with Crippen LogP contribution in [0.25, 0.3) is 10.9 Å². The molecule has 3 nitrogen and oxygen atoms in total. The molecule has 0 aliphatic rings. The van der Waals surface area contributed by atoms with Gasteiger partial charge in [-0.3, -0.25) is 4.79 Å². The topological polar surface area (TPSA) is 44.9 Å². The SMILES string of the molecule is CC(NC(=O)Cc1c[nH]c2ccccc12)c1ccccc1Br. The van der Waals surface area contributed by atoms with E-state index in [0.717, 1.165) is 26.5 Å². The van der Waals surface area contributed by atoms with Gasteiger partial charge in [0.25, 0.3) is 0 Å². The van der Waals surface area contributed by atoms with Crippen LogP contribution in [-0.2, 0) is 11.2 Å². The number of carbonyl (C=O) groups excluding carboxylic acids is 1. The Kier molecular flexibility index (Phi) is 4.29. The van der Waals surface area contributed by atoms with Gasteiger partial charge in [-0.15, -0.1) is 0 Å². The summed E-state index contributed by atoms with van der Waals surface area (Å²) in [5.74, 6) is 0.0213. The predicted molar refractivity (Wildman–Crippen MR) is 92.7 cm³/mol. The van der Waals surface area contributed by atoms with E-state index in [1.54, 1.807) is 0 Å². The molecule has 0 spiro atoms. The minimum atomic E-state index is -0.0340. The van der Waals surface area contributed by atoms with Gasteiger partial charge in [-0.05, 0) is 30.2 Å². The quantitative estimate of drug-likeness (QED) is 0.716. The first-order chi connectivity index (χ1) is 10.6. The fourth-order valence-corrected chi connectivity index (χ4v) is 3.28. The molecule has 2 N–H and O–H groups in total. The van der Waals surface area contributed by atoms with Crippen molar-refractivity contribution in [3.8, 4) is 0 Å². The molecule has 0 saturated carbocycles. The van der Waals surface area contributed by atoms with Crippen LogP contribution in [0.5, 0.6) is 0 Å². The Morgan fingerprint density at radius 1 is 1.18 bits per heavy atom. The number of para-hydroxylation sites is 1. The van der Waals surface area contributed by atoms with Crippen molar-refractivity contribution >= 4 is 32.7 Å². The van der Waals surface area contributed by atoms with Gasteiger partial charge < -0.3 is 10.3 Å². The molecular weight excluding hydrogens is 340 g/mol. The van der Waals surface area contributed by atoms with E-state index in [9.17, 15) is 4.79 Å². The molecule has 0 fully saturated rings. The van der Waals surface area contributed by atoms with Crippen LogP contribution in [0.4, 0.5) is 0 Å². The first-order valence-corrected chi connectivity index (χ1v) is 8.03. The number of aromatic amines is 1. The zero-order valence-corrected chi connectivity index (χ0v) is 13.9. The molecule has 0 aliphatic carbocycles. The highest BCUT2D eigenvalue weighted by molar-refractivity contribution is 9.10. The van der Waals surface area contributed by atoms with E-state index >= 15 is 0 Å². The molecule has 1 aromatic heterocycles. The van der Waals surface area contributed by atoms with Crippen molar-refractivity contribution in [2.75, 3.05) is 0 Å². The van der Waals surface area contributed by atoms with Crippen molar-refractivity contribution in [3.05, 3.63) is 70.3 Å². The summed E-state index contributed by atoms with van der Waals surface area (Å²) in [5.41, 5.74) is 3.16. The number of hydrogen-bond donors (Lipinski definition) is 2. The van der Waals surface area contributed by atoms with Crippen LogP contribution in [-0.4, -0.2) is 10.9 Å². The molecule has 0 bridgehead atoms. The number of H-pyrrole nitrogens is 1. The van der Waals surface area contributed by atoms with E-state index in [1.165, 1.54) is 0 Å². The average molecular weight is 357 g/mol. The van der Waals surface area contributed by atoms with Gasteiger partial charge in [-0.25, -0.2) is 0 Å². The molecule has 1 unspecified atom stereocenters. The van der Waals surface area contributed by atoms with Crippen LogP contribution in [0.1, 0.15) is 24.1 Å². The van der Waals surface area contributed by atoms with Crippen LogP contribution < -0.4 is 5.32 Å². The lowest BCUT2D eigenvalue weighted by Gasteiger charge is -2.15. The van der Waals surface area contributed by atoms with E-state index in [-0.39, 0.29) is 11.9 Å². The number of fused-ring (bicyclic) bond motifs is 1. The Morgan fingerprint density at radius 2 is 1.91 bits per heavy atom. The smallest absolute Gasteiger partial charge is 0.224 e. The Hall–Kier alpha value is -2.07. The summed E-state index contributed by atoms with van der Waals surface area (Å²) in [6, 6.07) is 15.9. The summed E-state index contributed by atoms with van der Waals surface area (Å²) >= 11 is 3.52. The van der Waals surface area contributed by atoms with E-state index in [1.807, 2.05) is 61.7 Å². The molecular formula is C18H17BrN2O. The maximum Gasteiger partial charge on any atom is 0.224 e. The van der Waals surface area contributed by atoms with E-state index in [4.69, 9.17) is 0 Å². The maximum atomic E-state index is 12.3. The largest absolute Gasteiger partial charge is 0.361 e. The Labute approximate surface area is 137 Å². The Morgan fingerprint density at radius 3 is 2.73 bits per heavy atom. The van der Waals surface area contributed by atoms with Gasteiger partial charge in [0.2, 0.25) is 5.91 Å². The highest BCUT2D eigenvalue weighted by Gasteiger charge is 2.13. The molecule has 22 heavy (non-hydrogen) atoms. The molecule has 3 rings (SSSR count). The van der Waals surface area contributed by atoms with Gasteiger partial charge in [0.05, 0.1) is 12.5 Å². The normalized spacial score (nSPS) is 12.3. The third kappa shape index (κ3) is 3.07. The van der Waals surface area contributed by atoms with Crippen molar-refractivity contribution < 1.29 is 4.79 Å². The predicted octanol–water partition coefficient (Wildman–Crippen LogP) is 4.35. The molecule has 4 heteroatoms. The molecule has 0 radical (unpaired) electrons. The summed E-state index contributed by atoms with van der Waals surface area (Å²) in [4.78, 5) is 15.5. The lowest BCUT2D eigenvalue weighted by atomic mass is 10.1. The molecule has 0 saturated heterocycles. The minimum absolute atomic E-state index is 0.0213. The lowest BCUT2D eigenvalue weighted by Crippen LogP contribution is -2.28. The van der Waals surface area contributed by atoms with E-state index in [2.05, 4.69) is 26.2 Å². The van der Waals surface area contributed by atoms with Crippen LogP contribution in [0.2, 0.25) is 0 Å². The summed E-state index contributed by atoms with van der Waals surface area (Å²) in [5, 5.41) is 4.16. The zero-order chi connectivity index (χ0) is 15.5. The van der Waals surface area contributed by atoms with Crippen molar-refractivity contribution in [1.29, 1.82) is 0 Å². The third-order valence-electron chi connectivity index (χ3n) is 3.78. The van der Waals surface area contributed by atoms with Crippen LogP contribution >= 0.6 is 15.9 Å². The maximum absolute atomic E-state index is 12.3. The number of rotatable bonds is 4. The number of halogens is 1. The number of nitrogens with one attached hydrogen (secondary N) is 2. The third-order valence-corrected chi connectivity index (χ3v) is 4.50. The molecule has 1 amide bonds. The number of aromatic nitrogens is 1. The van der Waals surface area contributed by atoms with Crippen molar-refractivity contribution in [2.45, 2.75) is 19.4 Å². The zero-order valence-electron chi connectivity index (χ0n) is 12.3. The molecule has 2 aromatic carbocycles. The lowest BCUT2D eigenvalue weighted by molar-refractivity contribution is -0.121. The highest BCUT2D eigenvalue weighted by atomic mass is 79.9. The monoisotopic (exact) mass is 356 g/mol. The Bertz CT molecular complexity index is 809. The standard InChI is InChI=1S/C18H17BrN2O/c1-12(14-6-2-4-8-16(14)19)21-18(22)10-13-11-20-17-9-5-3-7-15(13)17/h2-9,11-12,20H,10H2,1H3,(H,21,22). The van der Waals surface area contributed by atoms with Crippen LogP contribution in [0, 0.1) is 0 Å². The number of hydrogen-bond acceptors (Lipinski definition) is 1. The van der Waals surface area contributed by atoms with Gasteiger partial charge in [-0.2, -0.15) is 0 Å². The average Bonchev–Trinajstić information content (AvgIpc) is 2.91. The second kappa shape index (κ2) is 6.36. The minimum Gasteiger partial charge on any atom is -0.361 e. The van der Waals surface area contributed by atoms with Crippen molar-refractivity contribution in [2.24, 2.45) is 0 Å². The Balaban J connectivity index is 1.71. The van der Waals surface area contributed by atoms with Gasteiger partial charge in [0.15, 0.2) is 0 Å². The van der Waals surface area contributed by atoms with Crippen LogP contribution in [0.15, 0.2) is 59.2 Å². The molecule has 0 aliphatic heterocycles. The van der Waals surface area contributed by atoms with Crippen molar-refractivity contribution in [1.82, 2.24) is 10.3 Å². The first-order valence-electron chi connectivity index (χ1n) is 7.24. The second-order valence-corrected chi connectivity index (χ2v) is 6.20. The van der Waals surface area contributed by atoms with Gasteiger partial charge >= 0.3 is 0 Å². The van der Waals surface area contributed by atoms with E-state index < -0.39 is 0 Å². The van der Waals surface area contributed by atoms with Gasteiger partial charge in [-0.1, -0.05) is 52.3 Å². The summed E-state index contributed by atoms with van der Waals surface area (Å²) in [6.45, 7) is 1.99.